The molecule has 3 N–H and O–H groups in total. The van der Waals surface area contributed by atoms with Crippen molar-refractivity contribution >= 4 is 40.7 Å². The van der Waals surface area contributed by atoms with Crippen LogP contribution in [-0.4, -0.2) is 15.9 Å². The summed E-state index contributed by atoms with van der Waals surface area (Å²) in [6.07, 6.45) is 3.29. The highest BCUT2D eigenvalue weighted by molar-refractivity contribution is 6.35. The van der Waals surface area contributed by atoms with Crippen LogP contribution in [0.3, 0.4) is 0 Å². The number of carbonyl (C=O) groups is 1. The predicted octanol–water partition coefficient (Wildman–Crippen LogP) is 4.28. The molecule has 0 saturated heterocycles. The zero-order valence-electron chi connectivity index (χ0n) is 12.3. The smallest absolute Gasteiger partial charge is 0.255 e. The lowest BCUT2D eigenvalue weighted by molar-refractivity contribution is 0.102. The van der Waals surface area contributed by atoms with Crippen molar-refractivity contribution in [2.75, 3.05) is 11.1 Å². The maximum atomic E-state index is 12.2. The number of hydrogen-bond donors (Lipinski definition) is 2. The number of anilines is 2. The predicted molar refractivity (Wildman–Crippen MR) is 96.3 cm³/mol. The van der Waals surface area contributed by atoms with Crippen LogP contribution in [0.15, 0.2) is 54.9 Å². The van der Waals surface area contributed by atoms with E-state index in [1.54, 1.807) is 42.7 Å². The number of nitrogens with one attached hydrogen (secondary N) is 1. The molecule has 1 amide bonds. The van der Waals surface area contributed by atoms with Gasteiger partial charge in [0.25, 0.3) is 5.91 Å². The molecule has 0 bridgehead atoms. The molecule has 0 radical (unpaired) electrons. The Bertz CT molecular complexity index is 860. The number of nitrogens with two attached hydrogens (primary N) is 1. The summed E-state index contributed by atoms with van der Waals surface area (Å²) >= 11 is 11.8. The van der Waals surface area contributed by atoms with Gasteiger partial charge in [-0.25, -0.2) is 9.97 Å². The van der Waals surface area contributed by atoms with Crippen molar-refractivity contribution in [3.8, 4) is 11.1 Å². The number of nitrogen functional groups attached to an aromatic ring is 1. The lowest BCUT2D eigenvalue weighted by atomic mass is 10.1. The van der Waals surface area contributed by atoms with E-state index in [9.17, 15) is 4.79 Å². The lowest BCUT2D eigenvalue weighted by Crippen LogP contribution is -2.11. The molecule has 0 saturated carbocycles. The zero-order valence-corrected chi connectivity index (χ0v) is 13.8. The standard InChI is InChI=1S/C17H12Cl2N4O/c18-13-5-11(6-14(19)7-13)16(24)23-15-3-1-10(2-4-15)12-8-21-17(20)22-9-12/h1-9H,(H,23,24)(H2,20,21,22). The van der Waals surface area contributed by atoms with E-state index in [-0.39, 0.29) is 11.9 Å². The Hall–Kier alpha value is -2.63. The van der Waals surface area contributed by atoms with Crippen molar-refractivity contribution in [2.45, 2.75) is 0 Å². The van der Waals surface area contributed by atoms with E-state index in [1.165, 1.54) is 0 Å². The number of amides is 1. The molecule has 120 valence electrons. The third kappa shape index (κ3) is 3.82. The second kappa shape index (κ2) is 6.86. The molecule has 3 aromatic rings. The quantitative estimate of drug-likeness (QED) is 0.731. The number of hydrogen-bond acceptors (Lipinski definition) is 4. The first-order valence-corrected chi connectivity index (χ1v) is 7.72. The summed E-state index contributed by atoms with van der Waals surface area (Å²) in [4.78, 5) is 20.2. The Balaban J connectivity index is 1.76. The van der Waals surface area contributed by atoms with E-state index >= 15 is 0 Å². The minimum Gasteiger partial charge on any atom is -0.368 e. The van der Waals surface area contributed by atoms with Crippen molar-refractivity contribution in [3.63, 3.8) is 0 Å². The van der Waals surface area contributed by atoms with Gasteiger partial charge in [-0.3, -0.25) is 4.79 Å². The Labute approximate surface area is 148 Å². The van der Waals surface area contributed by atoms with Crippen LogP contribution >= 0.6 is 23.2 Å². The van der Waals surface area contributed by atoms with Crippen LogP contribution in [0, 0.1) is 0 Å². The fraction of sp³-hybridized carbons (Fsp3) is 0. The largest absolute Gasteiger partial charge is 0.368 e. The molecule has 0 spiro atoms. The Morgan fingerprint density at radius 1 is 0.917 bits per heavy atom. The van der Waals surface area contributed by atoms with Crippen molar-refractivity contribution in [3.05, 3.63) is 70.5 Å². The summed E-state index contributed by atoms with van der Waals surface area (Å²) in [6, 6.07) is 12.0. The van der Waals surface area contributed by atoms with E-state index in [1.807, 2.05) is 12.1 Å². The maximum Gasteiger partial charge on any atom is 0.255 e. The van der Waals surface area contributed by atoms with Crippen LogP contribution < -0.4 is 11.1 Å². The molecule has 2 aromatic carbocycles. The minimum atomic E-state index is -0.289. The van der Waals surface area contributed by atoms with E-state index in [4.69, 9.17) is 28.9 Å². The molecule has 3 rings (SSSR count). The Morgan fingerprint density at radius 2 is 1.50 bits per heavy atom. The maximum absolute atomic E-state index is 12.2. The number of carbonyl (C=O) groups excluding carboxylic acids is 1. The second-order valence-corrected chi connectivity index (χ2v) is 5.89. The van der Waals surface area contributed by atoms with E-state index in [0.717, 1.165) is 11.1 Å². The topological polar surface area (TPSA) is 80.9 Å². The molecule has 1 heterocycles. The van der Waals surface area contributed by atoms with Gasteiger partial charge in [0, 0.05) is 39.3 Å². The van der Waals surface area contributed by atoms with Crippen molar-refractivity contribution in [2.24, 2.45) is 0 Å². The molecule has 0 aliphatic rings. The number of benzene rings is 2. The molecular formula is C17H12Cl2N4O. The first-order chi connectivity index (χ1) is 11.5. The van der Waals surface area contributed by atoms with Gasteiger partial charge in [-0.15, -0.1) is 0 Å². The van der Waals surface area contributed by atoms with Crippen molar-refractivity contribution in [1.29, 1.82) is 0 Å². The average molecular weight is 359 g/mol. The highest BCUT2D eigenvalue weighted by Crippen LogP contribution is 2.22. The summed E-state index contributed by atoms with van der Waals surface area (Å²) in [5.74, 6) is -0.0641. The molecule has 0 fully saturated rings. The van der Waals surface area contributed by atoms with Gasteiger partial charge >= 0.3 is 0 Å². The Morgan fingerprint density at radius 3 is 2.08 bits per heavy atom. The van der Waals surface area contributed by atoms with Gasteiger partial charge < -0.3 is 11.1 Å². The molecule has 0 atom stereocenters. The summed E-state index contributed by atoms with van der Waals surface area (Å²) in [5.41, 5.74) is 8.27. The van der Waals surface area contributed by atoms with Gasteiger partial charge in [-0.2, -0.15) is 0 Å². The van der Waals surface area contributed by atoms with Crippen LogP contribution in [-0.2, 0) is 0 Å². The van der Waals surface area contributed by atoms with Gasteiger partial charge in [0.1, 0.15) is 0 Å². The molecule has 5 nitrogen and oxygen atoms in total. The van der Waals surface area contributed by atoms with Gasteiger partial charge in [0.2, 0.25) is 5.95 Å². The van der Waals surface area contributed by atoms with E-state index in [0.29, 0.717) is 21.3 Å². The summed E-state index contributed by atoms with van der Waals surface area (Å²) in [6.45, 7) is 0. The van der Waals surface area contributed by atoms with E-state index < -0.39 is 0 Å². The highest BCUT2D eigenvalue weighted by atomic mass is 35.5. The second-order valence-electron chi connectivity index (χ2n) is 5.02. The SMILES string of the molecule is Nc1ncc(-c2ccc(NC(=O)c3cc(Cl)cc(Cl)c3)cc2)cn1. The fourth-order valence-electron chi connectivity index (χ4n) is 2.12. The van der Waals surface area contributed by atoms with Gasteiger partial charge in [0.15, 0.2) is 0 Å². The van der Waals surface area contributed by atoms with Crippen LogP contribution in [0.25, 0.3) is 11.1 Å². The molecule has 0 unspecified atom stereocenters. The molecule has 24 heavy (non-hydrogen) atoms. The molecular weight excluding hydrogens is 347 g/mol. The van der Waals surface area contributed by atoms with Crippen LogP contribution in [0.5, 0.6) is 0 Å². The number of halogens is 2. The normalized spacial score (nSPS) is 10.4. The fourth-order valence-corrected chi connectivity index (χ4v) is 2.65. The summed E-state index contributed by atoms with van der Waals surface area (Å²) < 4.78 is 0. The van der Waals surface area contributed by atoms with Crippen LogP contribution in [0.2, 0.25) is 10.0 Å². The average Bonchev–Trinajstić information content (AvgIpc) is 2.55. The molecule has 1 aromatic heterocycles. The van der Waals surface area contributed by atoms with Crippen LogP contribution in [0.1, 0.15) is 10.4 Å². The summed E-state index contributed by atoms with van der Waals surface area (Å²) in [5, 5.41) is 3.61. The van der Waals surface area contributed by atoms with Gasteiger partial charge in [-0.1, -0.05) is 35.3 Å². The zero-order chi connectivity index (χ0) is 17.1. The van der Waals surface area contributed by atoms with Gasteiger partial charge in [0.05, 0.1) is 0 Å². The van der Waals surface area contributed by atoms with E-state index in [2.05, 4.69) is 15.3 Å². The lowest BCUT2D eigenvalue weighted by Gasteiger charge is -2.07. The monoisotopic (exact) mass is 358 g/mol. The molecule has 0 aliphatic heterocycles. The number of nitrogens with zero attached hydrogens (tertiary/aromatic N) is 2. The summed E-state index contributed by atoms with van der Waals surface area (Å²) in [7, 11) is 0. The first kappa shape index (κ1) is 16.2. The Kier molecular flexibility index (Phi) is 4.64. The van der Waals surface area contributed by atoms with Crippen LogP contribution in [0.4, 0.5) is 11.6 Å². The minimum absolute atomic E-state index is 0.225. The third-order valence-electron chi connectivity index (χ3n) is 3.27. The number of aromatic nitrogens is 2. The van der Waals surface area contributed by atoms with Gasteiger partial charge in [-0.05, 0) is 35.9 Å². The third-order valence-corrected chi connectivity index (χ3v) is 3.71. The first-order valence-electron chi connectivity index (χ1n) is 6.97. The highest BCUT2D eigenvalue weighted by Gasteiger charge is 2.09. The molecule has 0 aliphatic carbocycles. The number of rotatable bonds is 3. The molecule has 7 heteroatoms. The van der Waals surface area contributed by atoms with Crippen molar-refractivity contribution in [1.82, 2.24) is 9.97 Å². The van der Waals surface area contributed by atoms with Crippen molar-refractivity contribution < 1.29 is 4.79 Å².